The van der Waals surface area contributed by atoms with Crippen LogP contribution >= 0.6 is 0 Å². The first kappa shape index (κ1) is 16.5. The molecule has 2 nitrogen and oxygen atoms in total. The molecule has 0 radical (unpaired) electrons. The van der Waals surface area contributed by atoms with Gasteiger partial charge < -0.3 is 5.11 Å². The molecule has 0 amide bonds. The molecule has 110 valence electrons. The topological polar surface area (TPSA) is 37.3 Å². The zero-order valence-electron chi connectivity index (χ0n) is 13.3. The number of carboxylic acids is 1. The summed E-state index contributed by atoms with van der Waals surface area (Å²) < 4.78 is 0. The Hall–Kier alpha value is -1.57. The Morgan fingerprint density at radius 2 is 1.95 bits per heavy atom. The van der Waals surface area contributed by atoms with Gasteiger partial charge in [-0.2, -0.15) is 0 Å². The molecule has 0 fully saturated rings. The van der Waals surface area contributed by atoms with Crippen LogP contribution in [0.4, 0.5) is 0 Å². The Bertz CT molecular complexity index is 500. The smallest absolute Gasteiger partial charge is 0.328 e. The van der Waals surface area contributed by atoms with Crippen LogP contribution in [0.3, 0.4) is 0 Å². The van der Waals surface area contributed by atoms with Crippen molar-refractivity contribution in [3.63, 3.8) is 0 Å². The first-order chi connectivity index (χ1) is 9.24. The first-order valence-corrected chi connectivity index (χ1v) is 7.21. The van der Waals surface area contributed by atoms with Gasteiger partial charge in [-0.25, -0.2) is 4.79 Å². The van der Waals surface area contributed by atoms with Gasteiger partial charge in [0.15, 0.2) is 0 Å². The zero-order chi connectivity index (χ0) is 15.3. The maximum absolute atomic E-state index is 10.5. The highest BCUT2D eigenvalue weighted by molar-refractivity contribution is 5.81. The summed E-state index contributed by atoms with van der Waals surface area (Å²) in [5.74, 6) is -0.903. The second kappa shape index (κ2) is 6.74. The SMILES string of the molecule is CC(C=CC=C(C)C1=C(C)CCCC1(C)C)=CC(=O)O. The molecular weight excluding hydrogens is 248 g/mol. The van der Waals surface area contributed by atoms with Gasteiger partial charge in [0, 0.05) is 6.08 Å². The number of rotatable bonds is 4. The summed E-state index contributed by atoms with van der Waals surface area (Å²) in [5, 5.41) is 8.67. The molecule has 0 aromatic heterocycles. The highest BCUT2D eigenvalue weighted by Crippen LogP contribution is 2.43. The fourth-order valence-electron chi connectivity index (χ4n) is 3.16. The predicted octanol–water partition coefficient (Wildman–Crippen LogP) is 5.05. The van der Waals surface area contributed by atoms with Gasteiger partial charge in [0.25, 0.3) is 0 Å². The van der Waals surface area contributed by atoms with Crippen LogP contribution in [-0.2, 0) is 4.79 Å². The van der Waals surface area contributed by atoms with E-state index < -0.39 is 5.97 Å². The van der Waals surface area contributed by atoms with Crippen molar-refractivity contribution in [2.45, 2.75) is 53.9 Å². The lowest BCUT2D eigenvalue weighted by atomic mass is 9.70. The zero-order valence-corrected chi connectivity index (χ0v) is 13.3. The summed E-state index contributed by atoms with van der Waals surface area (Å²) in [6.45, 7) is 10.8. The van der Waals surface area contributed by atoms with E-state index in [4.69, 9.17) is 5.11 Å². The third-order valence-corrected chi connectivity index (χ3v) is 3.91. The number of allylic oxidation sites excluding steroid dienone is 7. The number of carboxylic acid groups (broad SMARTS) is 1. The van der Waals surface area contributed by atoms with Crippen LogP contribution in [0.15, 0.2) is 46.6 Å². The van der Waals surface area contributed by atoms with Gasteiger partial charge >= 0.3 is 5.97 Å². The van der Waals surface area contributed by atoms with Gasteiger partial charge in [-0.05, 0) is 62.2 Å². The van der Waals surface area contributed by atoms with Crippen LogP contribution in [0.2, 0.25) is 0 Å². The summed E-state index contributed by atoms with van der Waals surface area (Å²) in [6.07, 6.45) is 10.8. The minimum Gasteiger partial charge on any atom is -0.478 e. The third-order valence-electron chi connectivity index (χ3n) is 3.91. The third kappa shape index (κ3) is 4.52. The van der Waals surface area contributed by atoms with Gasteiger partial charge in [0.2, 0.25) is 0 Å². The molecule has 1 rings (SSSR count). The van der Waals surface area contributed by atoms with Crippen LogP contribution in [0, 0.1) is 5.41 Å². The quantitative estimate of drug-likeness (QED) is 0.575. The summed E-state index contributed by atoms with van der Waals surface area (Å²) >= 11 is 0. The molecule has 0 heterocycles. The minimum atomic E-state index is -0.903. The van der Waals surface area contributed by atoms with E-state index >= 15 is 0 Å². The van der Waals surface area contributed by atoms with E-state index in [1.54, 1.807) is 6.92 Å². The fourth-order valence-corrected chi connectivity index (χ4v) is 3.16. The molecule has 0 aliphatic heterocycles. The molecular formula is C18H26O2. The molecule has 0 saturated carbocycles. The number of hydrogen-bond acceptors (Lipinski definition) is 1. The van der Waals surface area contributed by atoms with Gasteiger partial charge in [-0.15, -0.1) is 0 Å². The Kier molecular flexibility index (Phi) is 5.55. The largest absolute Gasteiger partial charge is 0.478 e. The maximum atomic E-state index is 10.5. The standard InChI is InChI=1S/C18H26O2/c1-13(12-16(19)20)8-6-9-14(2)17-15(3)10-7-11-18(17,4)5/h6,8-9,12H,7,10-11H2,1-5H3,(H,19,20). The maximum Gasteiger partial charge on any atom is 0.328 e. The summed E-state index contributed by atoms with van der Waals surface area (Å²) in [6, 6.07) is 0. The monoisotopic (exact) mass is 274 g/mol. The van der Waals surface area contributed by atoms with E-state index in [9.17, 15) is 4.79 Å². The molecule has 1 N–H and O–H groups in total. The average Bonchev–Trinajstić information content (AvgIpc) is 2.26. The van der Waals surface area contributed by atoms with Crippen LogP contribution in [0.5, 0.6) is 0 Å². The predicted molar refractivity (Wildman–Crippen MR) is 84.6 cm³/mol. The lowest BCUT2D eigenvalue weighted by Crippen LogP contribution is -2.21. The van der Waals surface area contributed by atoms with E-state index in [0.29, 0.717) is 0 Å². The fraction of sp³-hybridized carbons (Fsp3) is 0.500. The van der Waals surface area contributed by atoms with Crippen molar-refractivity contribution in [3.05, 3.63) is 46.6 Å². The number of aliphatic carboxylic acids is 1. The number of hydrogen-bond donors (Lipinski definition) is 1. The molecule has 0 saturated heterocycles. The highest BCUT2D eigenvalue weighted by atomic mass is 16.4. The Balaban J connectivity index is 2.94. The van der Waals surface area contributed by atoms with Crippen LogP contribution in [-0.4, -0.2) is 11.1 Å². The second-order valence-electron chi connectivity index (χ2n) is 6.33. The van der Waals surface area contributed by atoms with Crippen molar-refractivity contribution in [2.24, 2.45) is 5.41 Å². The summed E-state index contributed by atoms with van der Waals surface area (Å²) in [7, 11) is 0. The van der Waals surface area contributed by atoms with Gasteiger partial charge in [0.1, 0.15) is 0 Å². The van der Waals surface area contributed by atoms with Gasteiger partial charge in [-0.3, -0.25) is 0 Å². The van der Waals surface area contributed by atoms with Gasteiger partial charge in [0.05, 0.1) is 0 Å². The lowest BCUT2D eigenvalue weighted by molar-refractivity contribution is -0.131. The Morgan fingerprint density at radius 1 is 1.30 bits per heavy atom. The van der Waals surface area contributed by atoms with Crippen molar-refractivity contribution >= 4 is 5.97 Å². The van der Waals surface area contributed by atoms with E-state index in [0.717, 1.165) is 5.57 Å². The van der Waals surface area contributed by atoms with E-state index in [1.807, 2.05) is 12.2 Å². The molecule has 0 atom stereocenters. The van der Waals surface area contributed by atoms with Crippen molar-refractivity contribution in [1.29, 1.82) is 0 Å². The Morgan fingerprint density at radius 3 is 2.50 bits per heavy atom. The summed E-state index contributed by atoms with van der Waals surface area (Å²) in [5.41, 5.74) is 5.22. The molecule has 2 heteroatoms. The van der Waals surface area contributed by atoms with Crippen LogP contribution < -0.4 is 0 Å². The molecule has 1 aliphatic rings. The molecule has 0 aromatic rings. The molecule has 0 spiro atoms. The van der Waals surface area contributed by atoms with Gasteiger partial charge in [-0.1, -0.05) is 37.6 Å². The van der Waals surface area contributed by atoms with E-state index in [-0.39, 0.29) is 5.41 Å². The van der Waals surface area contributed by atoms with E-state index in [1.165, 1.54) is 42.1 Å². The van der Waals surface area contributed by atoms with Crippen LogP contribution in [0.25, 0.3) is 0 Å². The molecule has 1 aliphatic carbocycles. The lowest BCUT2D eigenvalue weighted by Gasteiger charge is -2.35. The normalized spacial score (nSPS) is 20.6. The molecule has 20 heavy (non-hydrogen) atoms. The highest BCUT2D eigenvalue weighted by Gasteiger charge is 2.28. The number of carbonyl (C=O) groups is 1. The molecule has 0 aromatic carbocycles. The van der Waals surface area contributed by atoms with Crippen molar-refractivity contribution < 1.29 is 9.90 Å². The summed E-state index contributed by atoms with van der Waals surface area (Å²) in [4.78, 5) is 10.5. The molecule has 0 bridgehead atoms. The first-order valence-electron chi connectivity index (χ1n) is 7.21. The average molecular weight is 274 g/mol. The second-order valence-corrected chi connectivity index (χ2v) is 6.33. The van der Waals surface area contributed by atoms with Crippen molar-refractivity contribution in [2.75, 3.05) is 0 Å². The Labute approximate surface area is 122 Å². The van der Waals surface area contributed by atoms with Crippen molar-refractivity contribution in [1.82, 2.24) is 0 Å². The van der Waals surface area contributed by atoms with Crippen LogP contribution in [0.1, 0.15) is 53.9 Å². The van der Waals surface area contributed by atoms with Crippen molar-refractivity contribution in [3.8, 4) is 0 Å². The van der Waals surface area contributed by atoms with E-state index in [2.05, 4.69) is 33.8 Å². The minimum absolute atomic E-state index is 0.239. The molecule has 0 unspecified atom stereocenters.